The van der Waals surface area contributed by atoms with Crippen molar-refractivity contribution >= 4 is 0 Å². The van der Waals surface area contributed by atoms with E-state index in [1.54, 1.807) is 7.11 Å². The van der Waals surface area contributed by atoms with E-state index in [4.69, 9.17) is 10.00 Å². The van der Waals surface area contributed by atoms with Crippen LogP contribution in [0.25, 0.3) is 11.3 Å². The number of methoxy groups -OCH3 is 1. The van der Waals surface area contributed by atoms with E-state index in [9.17, 15) is 0 Å². The van der Waals surface area contributed by atoms with Gasteiger partial charge < -0.3 is 4.74 Å². The van der Waals surface area contributed by atoms with Crippen molar-refractivity contribution in [1.29, 1.82) is 5.26 Å². The topological polar surface area (TPSA) is 58.8 Å². The van der Waals surface area contributed by atoms with E-state index in [0.717, 1.165) is 28.3 Å². The zero-order valence-corrected chi connectivity index (χ0v) is 11.3. The molecule has 0 N–H and O–H groups in total. The lowest BCUT2D eigenvalue weighted by Gasteiger charge is -2.08. The first-order valence-corrected chi connectivity index (χ1v) is 6.00. The van der Waals surface area contributed by atoms with Crippen molar-refractivity contribution in [3.05, 3.63) is 41.3 Å². The second kappa shape index (κ2) is 5.49. The zero-order chi connectivity index (χ0) is 13.8. The van der Waals surface area contributed by atoms with E-state index >= 15 is 0 Å². The predicted octanol–water partition coefficient (Wildman–Crippen LogP) is 2.84. The summed E-state index contributed by atoms with van der Waals surface area (Å²) in [6.07, 6.45) is 0.226. The first-order chi connectivity index (χ1) is 9.13. The Hall–Kier alpha value is -2.41. The Kier molecular flexibility index (Phi) is 3.76. The minimum absolute atomic E-state index is 0.226. The molecule has 0 atom stereocenters. The number of benzene rings is 1. The Morgan fingerprint density at radius 2 is 2.00 bits per heavy atom. The summed E-state index contributed by atoms with van der Waals surface area (Å²) < 4.78 is 5.25. The van der Waals surface area contributed by atoms with Crippen molar-refractivity contribution in [1.82, 2.24) is 9.97 Å². The number of nitrogens with zero attached hydrogens (tertiary/aromatic N) is 3. The highest BCUT2D eigenvalue weighted by atomic mass is 16.5. The standard InChI is InChI=1S/C15H15N3O/c1-10-8-12(4-5-14(10)19-3)13-9-11(2)17-15(18-13)6-7-16/h4-5,8-9H,6H2,1-3H3. The second-order valence-electron chi connectivity index (χ2n) is 4.33. The molecule has 0 unspecified atom stereocenters. The van der Waals surface area contributed by atoms with Crippen molar-refractivity contribution in [2.24, 2.45) is 0 Å². The highest BCUT2D eigenvalue weighted by Gasteiger charge is 2.07. The lowest BCUT2D eigenvalue weighted by atomic mass is 10.1. The van der Waals surface area contributed by atoms with E-state index in [2.05, 4.69) is 16.0 Å². The third-order valence-electron chi connectivity index (χ3n) is 2.83. The van der Waals surface area contributed by atoms with Crippen molar-refractivity contribution in [3.63, 3.8) is 0 Å². The van der Waals surface area contributed by atoms with Crippen LogP contribution < -0.4 is 4.74 Å². The first kappa shape index (κ1) is 13.0. The van der Waals surface area contributed by atoms with Crippen LogP contribution in [-0.4, -0.2) is 17.1 Å². The largest absolute Gasteiger partial charge is 0.496 e. The Balaban J connectivity index is 2.47. The van der Waals surface area contributed by atoms with Gasteiger partial charge in [0.15, 0.2) is 0 Å². The summed E-state index contributed by atoms with van der Waals surface area (Å²) in [7, 11) is 1.65. The number of ether oxygens (including phenoxy) is 1. The molecule has 0 radical (unpaired) electrons. The van der Waals surface area contributed by atoms with Crippen LogP contribution in [0.5, 0.6) is 5.75 Å². The second-order valence-corrected chi connectivity index (χ2v) is 4.33. The number of rotatable bonds is 3. The molecule has 0 aliphatic rings. The summed E-state index contributed by atoms with van der Waals surface area (Å²) in [5.41, 5.74) is 3.76. The van der Waals surface area contributed by atoms with Crippen LogP contribution in [0.15, 0.2) is 24.3 Å². The van der Waals surface area contributed by atoms with Crippen LogP contribution in [0.4, 0.5) is 0 Å². The summed E-state index contributed by atoms with van der Waals surface area (Å²) in [5.74, 6) is 1.41. The fourth-order valence-electron chi connectivity index (χ4n) is 1.97. The molecule has 0 fully saturated rings. The molecule has 2 aromatic rings. The molecule has 4 nitrogen and oxygen atoms in total. The van der Waals surface area contributed by atoms with Gasteiger partial charge in [-0.3, -0.25) is 0 Å². The SMILES string of the molecule is COc1ccc(-c2cc(C)nc(CC#N)n2)cc1C. The number of nitriles is 1. The van der Waals surface area contributed by atoms with E-state index in [1.807, 2.05) is 38.1 Å². The van der Waals surface area contributed by atoms with Crippen LogP contribution in [0, 0.1) is 25.2 Å². The average Bonchev–Trinajstić information content (AvgIpc) is 2.38. The molecule has 1 aromatic carbocycles. The van der Waals surface area contributed by atoms with Gasteiger partial charge in [0.1, 0.15) is 11.6 Å². The first-order valence-electron chi connectivity index (χ1n) is 6.00. The van der Waals surface area contributed by atoms with Gasteiger partial charge in [0.25, 0.3) is 0 Å². The fraction of sp³-hybridized carbons (Fsp3) is 0.267. The lowest BCUT2D eigenvalue weighted by Crippen LogP contribution is -1.98. The maximum absolute atomic E-state index is 8.74. The summed E-state index contributed by atoms with van der Waals surface area (Å²) >= 11 is 0. The van der Waals surface area contributed by atoms with Gasteiger partial charge in [-0.15, -0.1) is 0 Å². The van der Waals surface area contributed by atoms with E-state index in [1.165, 1.54) is 0 Å². The van der Waals surface area contributed by atoms with Gasteiger partial charge in [0.05, 0.1) is 25.3 Å². The summed E-state index contributed by atoms with van der Waals surface area (Å²) in [4.78, 5) is 8.66. The predicted molar refractivity (Wildman–Crippen MR) is 72.8 cm³/mol. The molecule has 0 bridgehead atoms. The maximum Gasteiger partial charge on any atom is 0.143 e. The van der Waals surface area contributed by atoms with Crippen LogP contribution >= 0.6 is 0 Å². The molecule has 96 valence electrons. The minimum atomic E-state index is 0.226. The van der Waals surface area contributed by atoms with Gasteiger partial charge in [0, 0.05) is 11.3 Å². The van der Waals surface area contributed by atoms with E-state index in [-0.39, 0.29) is 6.42 Å². The molecule has 1 heterocycles. The minimum Gasteiger partial charge on any atom is -0.496 e. The Bertz CT molecular complexity index is 644. The average molecular weight is 253 g/mol. The van der Waals surface area contributed by atoms with Crippen LogP contribution in [-0.2, 0) is 6.42 Å². The van der Waals surface area contributed by atoms with Crippen LogP contribution in [0.3, 0.4) is 0 Å². The van der Waals surface area contributed by atoms with Crippen molar-refractivity contribution in [2.75, 3.05) is 7.11 Å². The Morgan fingerprint density at radius 3 is 2.63 bits per heavy atom. The molecule has 1 aromatic heterocycles. The quantitative estimate of drug-likeness (QED) is 0.844. The molecular formula is C15H15N3O. The Labute approximate surface area is 112 Å². The number of hydrogen-bond acceptors (Lipinski definition) is 4. The third-order valence-corrected chi connectivity index (χ3v) is 2.83. The highest BCUT2D eigenvalue weighted by Crippen LogP contribution is 2.25. The smallest absolute Gasteiger partial charge is 0.143 e. The normalized spacial score (nSPS) is 10.0. The highest BCUT2D eigenvalue weighted by molar-refractivity contribution is 5.62. The lowest BCUT2D eigenvalue weighted by molar-refractivity contribution is 0.412. The van der Waals surface area contributed by atoms with Gasteiger partial charge in [-0.2, -0.15) is 5.26 Å². The van der Waals surface area contributed by atoms with Gasteiger partial charge in [0.2, 0.25) is 0 Å². The fourth-order valence-corrected chi connectivity index (χ4v) is 1.97. The molecule has 0 amide bonds. The maximum atomic E-state index is 8.74. The van der Waals surface area contributed by atoms with Gasteiger partial charge in [-0.1, -0.05) is 0 Å². The van der Waals surface area contributed by atoms with Gasteiger partial charge in [-0.25, -0.2) is 9.97 Å². The molecule has 19 heavy (non-hydrogen) atoms. The monoisotopic (exact) mass is 253 g/mol. The molecular weight excluding hydrogens is 238 g/mol. The molecule has 4 heteroatoms. The molecule has 0 saturated heterocycles. The number of aromatic nitrogens is 2. The molecule has 0 spiro atoms. The van der Waals surface area contributed by atoms with Crippen LogP contribution in [0.2, 0.25) is 0 Å². The van der Waals surface area contributed by atoms with Crippen molar-refractivity contribution in [3.8, 4) is 23.1 Å². The molecule has 0 aliphatic heterocycles. The molecule has 2 rings (SSSR count). The summed E-state index contributed by atoms with van der Waals surface area (Å²) in [6, 6.07) is 9.90. The van der Waals surface area contributed by atoms with Crippen LogP contribution in [0.1, 0.15) is 17.1 Å². The third kappa shape index (κ3) is 2.89. The Morgan fingerprint density at radius 1 is 1.21 bits per heavy atom. The summed E-state index contributed by atoms with van der Waals surface area (Å²) in [5, 5.41) is 8.74. The summed E-state index contributed by atoms with van der Waals surface area (Å²) in [6.45, 7) is 3.90. The van der Waals surface area contributed by atoms with Crippen molar-refractivity contribution < 1.29 is 4.74 Å². The van der Waals surface area contributed by atoms with E-state index < -0.39 is 0 Å². The number of hydrogen-bond donors (Lipinski definition) is 0. The van der Waals surface area contributed by atoms with Gasteiger partial charge in [-0.05, 0) is 43.7 Å². The van der Waals surface area contributed by atoms with Gasteiger partial charge >= 0.3 is 0 Å². The van der Waals surface area contributed by atoms with E-state index in [0.29, 0.717) is 5.82 Å². The number of aryl methyl sites for hydroxylation is 2. The zero-order valence-electron chi connectivity index (χ0n) is 11.3. The van der Waals surface area contributed by atoms with Crippen molar-refractivity contribution in [2.45, 2.75) is 20.3 Å². The molecule has 0 saturated carbocycles. The molecule has 0 aliphatic carbocycles.